The van der Waals surface area contributed by atoms with E-state index in [4.69, 9.17) is 0 Å². The average Bonchev–Trinajstić information content (AvgIpc) is 2.39. The zero-order valence-electron chi connectivity index (χ0n) is 13.7. The van der Waals surface area contributed by atoms with Crippen molar-refractivity contribution in [2.24, 2.45) is 29.6 Å². The van der Waals surface area contributed by atoms with Gasteiger partial charge in [-0.2, -0.15) is 0 Å². The summed E-state index contributed by atoms with van der Waals surface area (Å²) >= 11 is 0. The molecule has 0 heterocycles. The Morgan fingerprint density at radius 3 is 2.11 bits per heavy atom. The van der Waals surface area contributed by atoms with Crippen molar-refractivity contribution in [1.29, 1.82) is 0 Å². The summed E-state index contributed by atoms with van der Waals surface area (Å²) < 4.78 is 0. The highest BCUT2D eigenvalue weighted by atomic mass is 14.3. The van der Waals surface area contributed by atoms with Gasteiger partial charge in [-0.15, -0.1) is 0 Å². The first-order valence-corrected chi connectivity index (χ1v) is 9.15. The highest BCUT2D eigenvalue weighted by Gasteiger charge is 2.28. The topological polar surface area (TPSA) is 0 Å². The van der Waals surface area contributed by atoms with Crippen LogP contribution in [0.15, 0.2) is 0 Å². The first-order chi connectivity index (χ1) is 9.15. The second-order valence-corrected chi connectivity index (χ2v) is 8.14. The quantitative estimate of drug-likeness (QED) is 0.535. The fraction of sp³-hybridized carbons (Fsp3) is 1.00. The molecule has 2 fully saturated rings. The van der Waals surface area contributed by atoms with E-state index in [1.165, 1.54) is 57.8 Å². The summed E-state index contributed by atoms with van der Waals surface area (Å²) in [7, 11) is 0. The van der Waals surface area contributed by atoms with Gasteiger partial charge in [-0.3, -0.25) is 0 Å². The molecule has 0 aromatic heterocycles. The smallest absolute Gasteiger partial charge is 0.0386 e. The van der Waals surface area contributed by atoms with E-state index < -0.39 is 0 Å². The average molecular weight is 264 g/mol. The molecule has 0 bridgehead atoms. The van der Waals surface area contributed by atoms with Crippen LogP contribution in [-0.2, 0) is 0 Å². The van der Waals surface area contributed by atoms with Crippen molar-refractivity contribution in [2.45, 2.75) is 91.4 Å². The number of rotatable bonds is 5. The molecular weight excluding hydrogens is 228 g/mol. The van der Waals surface area contributed by atoms with Gasteiger partial charge in [0, 0.05) is 0 Å². The van der Waals surface area contributed by atoms with E-state index in [2.05, 4.69) is 20.8 Å². The molecule has 0 aromatic carbocycles. The van der Waals surface area contributed by atoms with Crippen LogP contribution in [0.3, 0.4) is 0 Å². The van der Waals surface area contributed by atoms with Crippen LogP contribution in [0.4, 0.5) is 0 Å². The van der Waals surface area contributed by atoms with E-state index in [-0.39, 0.29) is 0 Å². The molecule has 2 rings (SSSR count). The predicted octanol–water partition coefficient (Wildman–Crippen LogP) is 6.45. The van der Waals surface area contributed by atoms with E-state index >= 15 is 0 Å². The summed E-state index contributed by atoms with van der Waals surface area (Å²) in [5, 5.41) is 0. The highest BCUT2D eigenvalue weighted by Crippen LogP contribution is 2.40. The summed E-state index contributed by atoms with van der Waals surface area (Å²) in [6.07, 6.45) is 16.7. The molecule has 0 saturated heterocycles. The molecule has 0 heteroatoms. The predicted molar refractivity (Wildman–Crippen MR) is 85.3 cm³/mol. The van der Waals surface area contributed by atoms with Crippen molar-refractivity contribution >= 4 is 0 Å². The van der Waals surface area contributed by atoms with Gasteiger partial charge in [-0.25, -0.2) is 0 Å². The summed E-state index contributed by atoms with van der Waals surface area (Å²) in [5.74, 6) is 5.08. The lowest BCUT2D eigenvalue weighted by Gasteiger charge is -2.36. The minimum Gasteiger partial charge on any atom is -0.0628 e. The highest BCUT2D eigenvalue weighted by molar-refractivity contribution is 4.79. The molecule has 0 N–H and O–H groups in total. The first-order valence-electron chi connectivity index (χ1n) is 9.15. The van der Waals surface area contributed by atoms with Gasteiger partial charge in [0.25, 0.3) is 0 Å². The Morgan fingerprint density at radius 2 is 1.42 bits per heavy atom. The molecule has 112 valence electrons. The van der Waals surface area contributed by atoms with Gasteiger partial charge in [-0.1, -0.05) is 72.1 Å². The van der Waals surface area contributed by atoms with Crippen LogP contribution in [0.5, 0.6) is 0 Å². The van der Waals surface area contributed by atoms with Crippen LogP contribution in [0.2, 0.25) is 0 Å². The van der Waals surface area contributed by atoms with Crippen molar-refractivity contribution in [2.75, 3.05) is 0 Å². The lowest BCUT2D eigenvalue weighted by molar-refractivity contribution is 0.158. The SMILES string of the molecule is CC(C)CC1CCCC(C(C)CC2CCCCC2)C1. The lowest BCUT2D eigenvalue weighted by Crippen LogP contribution is -2.24. The summed E-state index contributed by atoms with van der Waals surface area (Å²) in [4.78, 5) is 0. The van der Waals surface area contributed by atoms with Gasteiger partial charge in [0.05, 0.1) is 0 Å². The van der Waals surface area contributed by atoms with E-state index in [0.717, 1.165) is 29.6 Å². The van der Waals surface area contributed by atoms with E-state index in [1.807, 2.05) is 0 Å². The maximum absolute atomic E-state index is 2.57. The minimum absolute atomic E-state index is 0.900. The Kier molecular flexibility index (Phi) is 6.23. The normalized spacial score (nSPS) is 31.6. The van der Waals surface area contributed by atoms with Crippen molar-refractivity contribution in [3.8, 4) is 0 Å². The molecule has 2 aliphatic rings. The van der Waals surface area contributed by atoms with Gasteiger partial charge in [-0.05, 0) is 48.9 Å². The molecule has 2 aliphatic carbocycles. The maximum atomic E-state index is 2.57. The molecule has 0 spiro atoms. The van der Waals surface area contributed by atoms with Gasteiger partial charge < -0.3 is 0 Å². The number of hydrogen-bond donors (Lipinski definition) is 0. The summed E-state index contributed by atoms with van der Waals surface area (Å²) in [6.45, 7) is 7.36. The largest absolute Gasteiger partial charge is 0.0628 e. The maximum Gasteiger partial charge on any atom is -0.0386 e. The van der Waals surface area contributed by atoms with Gasteiger partial charge in [0.2, 0.25) is 0 Å². The van der Waals surface area contributed by atoms with E-state index in [1.54, 1.807) is 12.8 Å². The molecule has 2 saturated carbocycles. The van der Waals surface area contributed by atoms with Gasteiger partial charge in [0.1, 0.15) is 0 Å². The van der Waals surface area contributed by atoms with Crippen LogP contribution in [0.1, 0.15) is 91.4 Å². The van der Waals surface area contributed by atoms with Crippen LogP contribution < -0.4 is 0 Å². The molecule has 0 nitrogen and oxygen atoms in total. The van der Waals surface area contributed by atoms with Crippen molar-refractivity contribution in [3.05, 3.63) is 0 Å². The fourth-order valence-corrected chi connectivity index (χ4v) is 4.87. The van der Waals surface area contributed by atoms with Gasteiger partial charge in [0.15, 0.2) is 0 Å². The third-order valence-corrected chi connectivity index (χ3v) is 5.86. The second-order valence-electron chi connectivity index (χ2n) is 8.14. The lowest BCUT2D eigenvalue weighted by atomic mass is 9.70. The van der Waals surface area contributed by atoms with Gasteiger partial charge >= 0.3 is 0 Å². The molecule has 3 unspecified atom stereocenters. The molecule has 0 amide bonds. The van der Waals surface area contributed by atoms with Crippen molar-refractivity contribution in [1.82, 2.24) is 0 Å². The molecule has 19 heavy (non-hydrogen) atoms. The Labute approximate surface area is 121 Å². The molecular formula is C19H36. The number of hydrogen-bond acceptors (Lipinski definition) is 0. The monoisotopic (exact) mass is 264 g/mol. The van der Waals surface area contributed by atoms with E-state index in [9.17, 15) is 0 Å². The van der Waals surface area contributed by atoms with Crippen LogP contribution in [0.25, 0.3) is 0 Å². The summed E-state index contributed by atoms with van der Waals surface area (Å²) in [5.41, 5.74) is 0. The molecule has 0 radical (unpaired) electrons. The summed E-state index contributed by atoms with van der Waals surface area (Å²) in [6, 6.07) is 0. The van der Waals surface area contributed by atoms with Crippen LogP contribution in [0, 0.1) is 29.6 Å². The van der Waals surface area contributed by atoms with Crippen LogP contribution in [-0.4, -0.2) is 0 Å². The zero-order valence-corrected chi connectivity index (χ0v) is 13.7. The fourth-order valence-electron chi connectivity index (χ4n) is 4.87. The third kappa shape index (κ3) is 5.12. The van der Waals surface area contributed by atoms with E-state index in [0.29, 0.717) is 0 Å². The molecule has 0 aromatic rings. The zero-order chi connectivity index (χ0) is 13.7. The van der Waals surface area contributed by atoms with Crippen LogP contribution >= 0.6 is 0 Å². The third-order valence-electron chi connectivity index (χ3n) is 5.86. The Bertz CT molecular complexity index is 236. The molecule has 0 aliphatic heterocycles. The Hall–Kier alpha value is 0. The standard InChI is InChI=1S/C19H36/c1-15(2)12-18-10-7-11-19(14-18)16(3)13-17-8-5-4-6-9-17/h15-19H,4-14H2,1-3H3. The Balaban J connectivity index is 1.75. The minimum atomic E-state index is 0.900. The van der Waals surface area contributed by atoms with Crippen molar-refractivity contribution in [3.63, 3.8) is 0 Å². The second kappa shape index (κ2) is 7.70. The Morgan fingerprint density at radius 1 is 0.737 bits per heavy atom. The first kappa shape index (κ1) is 15.4. The van der Waals surface area contributed by atoms with Crippen molar-refractivity contribution < 1.29 is 0 Å². The molecule has 3 atom stereocenters.